The van der Waals surface area contributed by atoms with E-state index in [0.29, 0.717) is 32.5 Å². The summed E-state index contributed by atoms with van der Waals surface area (Å²) >= 11 is 1.57. The van der Waals surface area contributed by atoms with Crippen molar-refractivity contribution in [2.45, 2.75) is 37.8 Å². The van der Waals surface area contributed by atoms with Crippen molar-refractivity contribution in [2.24, 2.45) is 5.41 Å². The van der Waals surface area contributed by atoms with Gasteiger partial charge in [-0.15, -0.1) is 0 Å². The molecule has 2 amide bonds. The molecule has 1 aromatic rings. The highest BCUT2D eigenvalue weighted by Crippen LogP contribution is 2.46. The summed E-state index contributed by atoms with van der Waals surface area (Å²) < 4.78 is 14.1. The monoisotopic (exact) mass is 322 g/mol. The van der Waals surface area contributed by atoms with Crippen LogP contribution in [0.25, 0.3) is 0 Å². The van der Waals surface area contributed by atoms with E-state index in [1.807, 2.05) is 21.7 Å². The van der Waals surface area contributed by atoms with Gasteiger partial charge in [-0.2, -0.15) is 11.3 Å². The fourth-order valence-corrected chi connectivity index (χ4v) is 4.41. The Kier molecular flexibility index (Phi) is 3.08. The highest BCUT2D eigenvalue weighted by molar-refractivity contribution is 7.08. The molecule has 3 fully saturated rings. The molecular formula is C16H19FN2O2S. The minimum absolute atomic E-state index is 0.104. The first-order chi connectivity index (χ1) is 10.5. The third kappa shape index (κ3) is 2.07. The molecule has 2 saturated heterocycles. The molecule has 4 rings (SSSR count). The summed E-state index contributed by atoms with van der Waals surface area (Å²) in [6.07, 6.45) is 3.01. The molecule has 1 aromatic heterocycles. The number of rotatable bonds is 2. The second kappa shape index (κ2) is 4.78. The van der Waals surface area contributed by atoms with Gasteiger partial charge in [-0.05, 0) is 43.6 Å². The maximum atomic E-state index is 14.1. The molecule has 1 unspecified atom stereocenters. The number of amides is 2. The Labute approximate surface area is 132 Å². The van der Waals surface area contributed by atoms with Crippen molar-refractivity contribution < 1.29 is 14.0 Å². The predicted molar refractivity (Wildman–Crippen MR) is 82.6 cm³/mol. The number of carbonyl (C=O) groups is 2. The Bertz CT molecular complexity index is 614. The van der Waals surface area contributed by atoms with Crippen LogP contribution in [-0.4, -0.2) is 42.0 Å². The summed E-state index contributed by atoms with van der Waals surface area (Å²) in [5, 5.41) is 3.94. The maximum absolute atomic E-state index is 14.1. The van der Waals surface area contributed by atoms with Crippen LogP contribution in [0, 0.1) is 5.41 Å². The highest BCUT2D eigenvalue weighted by atomic mass is 32.1. The van der Waals surface area contributed by atoms with Crippen molar-refractivity contribution in [3.8, 4) is 0 Å². The van der Waals surface area contributed by atoms with Crippen LogP contribution in [0.4, 0.5) is 10.1 Å². The van der Waals surface area contributed by atoms with E-state index in [0.717, 1.165) is 24.9 Å². The van der Waals surface area contributed by atoms with Crippen molar-refractivity contribution >= 4 is 28.8 Å². The van der Waals surface area contributed by atoms with E-state index in [9.17, 15) is 14.0 Å². The van der Waals surface area contributed by atoms with E-state index in [1.54, 1.807) is 16.2 Å². The van der Waals surface area contributed by atoms with E-state index < -0.39 is 17.0 Å². The van der Waals surface area contributed by atoms with E-state index in [-0.39, 0.29) is 5.91 Å². The van der Waals surface area contributed by atoms with Gasteiger partial charge in [-0.3, -0.25) is 9.59 Å². The van der Waals surface area contributed by atoms with Crippen molar-refractivity contribution in [3.05, 3.63) is 16.8 Å². The smallest absolute Gasteiger partial charge is 0.260 e. The van der Waals surface area contributed by atoms with Gasteiger partial charge in [0.05, 0.1) is 11.1 Å². The molecule has 1 aliphatic carbocycles. The van der Waals surface area contributed by atoms with Gasteiger partial charge < -0.3 is 9.80 Å². The molecular weight excluding hydrogens is 303 g/mol. The minimum Gasteiger partial charge on any atom is -0.339 e. The number of carbonyl (C=O) groups excluding carboxylic acids is 2. The van der Waals surface area contributed by atoms with Crippen LogP contribution in [0.2, 0.25) is 0 Å². The second-order valence-electron chi connectivity index (χ2n) is 6.76. The molecule has 1 spiro atoms. The Morgan fingerprint density at radius 1 is 1.23 bits per heavy atom. The van der Waals surface area contributed by atoms with Gasteiger partial charge in [0.25, 0.3) is 5.91 Å². The number of piperidine rings is 1. The summed E-state index contributed by atoms with van der Waals surface area (Å²) in [7, 11) is 0. The van der Waals surface area contributed by atoms with Gasteiger partial charge in [0.2, 0.25) is 5.91 Å². The Morgan fingerprint density at radius 3 is 2.73 bits per heavy atom. The first kappa shape index (κ1) is 14.2. The number of hydrogen-bond acceptors (Lipinski definition) is 3. The Balaban J connectivity index is 1.54. The molecule has 0 N–H and O–H groups in total. The molecule has 3 aliphatic rings. The quantitative estimate of drug-likeness (QED) is 0.840. The molecule has 0 bridgehead atoms. The van der Waals surface area contributed by atoms with Crippen LogP contribution >= 0.6 is 11.3 Å². The number of alkyl halides is 1. The fraction of sp³-hybridized carbons (Fsp3) is 0.625. The van der Waals surface area contributed by atoms with E-state index in [4.69, 9.17) is 0 Å². The topological polar surface area (TPSA) is 40.6 Å². The van der Waals surface area contributed by atoms with Crippen LogP contribution < -0.4 is 4.90 Å². The molecule has 1 atom stereocenters. The van der Waals surface area contributed by atoms with Crippen molar-refractivity contribution in [1.29, 1.82) is 0 Å². The van der Waals surface area contributed by atoms with Crippen LogP contribution in [0.1, 0.15) is 32.1 Å². The average Bonchev–Trinajstić information content (AvgIpc) is 2.95. The molecule has 0 aromatic carbocycles. The van der Waals surface area contributed by atoms with E-state index in [2.05, 4.69) is 0 Å². The van der Waals surface area contributed by atoms with Crippen molar-refractivity contribution in [2.75, 3.05) is 24.5 Å². The lowest BCUT2D eigenvalue weighted by Crippen LogP contribution is -2.52. The lowest BCUT2D eigenvalue weighted by molar-refractivity contribution is -0.144. The Hall–Kier alpha value is -1.43. The first-order valence-electron chi connectivity index (χ1n) is 7.87. The molecule has 6 heteroatoms. The zero-order valence-corrected chi connectivity index (χ0v) is 13.2. The number of halogens is 1. The number of anilines is 1. The summed E-state index contributed by atoms with van der Waals surface area (Å²) in [5.41, 5.74) is -1.19. The zero-order chi connectivity index (χ0) is 15.4. The molecule has 2 aliphatic heterocycles. The molecule has 0 radical (unpaired) electrons. The Morgan fingerprint density at radius 2 is 2.05 bits per heavy atom. The fourth-order valence-electron chi connectivity index (χ4n) is 3.77. The minimum atomic E-state index is -1.63. The lowest BCUT2D eigenvalue weighted by atomic mass is 9.78. The predicted octanol–water partition coefficient (Wildman–Crippen LogP) is 2.60. The van der Waals surface area contributed by atoms with Crippen molar-refractivity contribution in [3.63, 3.8) is 0 Å². The zero-order valence-electron chi connectivity index (χ0n) is 12.4. The van der Waals surface area contributed by atoms with Gasteiger partial charge in [-0.25, -0.2) is 4.39 Å². The third-order valence-electron chi connectivity index (χ3n) is 5.27. The highest BCUT2D eigenvalue weighted by Gasteiger charge is 2.56. The van der Waals surface area contributed by atoms with Crippen LogP contribution in [0.15, 0.2) is 16.8 Å². The number of likely N-dealkylation sites (tertiary alicyclic amines) is 1. The van der Waals surface area contributed by atoms with E-state index >= 15 is 0 Å². The molecule has 3 heterocycles. The van der Waals surface area contributed by atoms with Gasteiger partial charge in [-0.1, -0.05) is 0 Å². The SMILES string of the molecule is O=C(N1CCCC2(CCN(c3ccsc3)C2=O)C1)C1(F)CC1. The van der Waals surface area contributed by atoms with Crippen LogP contribution in [0.3, 0.4) is 0 Å². The van der Waals surface area contributed by atoms with Crippen molar-refractivity contribution in [1.82, 2.24) is 4.90 Å². The number of hydrogen-bond donors (Lipinski definition) is 0. The lowest BCUT2D eigenvalue weighted by Gasteiger charge is -2.39. The summed E-state index contributed by atoms with van der Waals surface area (Å²) in [6.45, 7) is 1.66. The number of nitrogens with zero attached hydrogens (tertiary/aromatic N) is 2. The largest absolute Gasteiger partial charge is 0.339 e. The van der Waals surface area contributed by atoms with Gasteiger partial charge in [0.1, 0.15) is 0 Å². The maximum Gasteiger partial charge on any atom is 0.260 e. The molecule has 118 valence electrons. The van der Waals surface area contributed by atoms with Crippen LogP contribution in [-0.2, 0) is 9.59 Å². The summed E-state index contributed by atoms with van der Waals surface area (Å²) in [4.78, 5) is 28.6. The van der Waals surface area contributed by atoms with Gasteiger partial charge in [0, 0.05) is 25.0 Å². The summed E-state index contributed by atoms with van der Waals surface area (Å²) in [5.74, 6) is -0.291. The number of thiophene rings is 1. The molecule has 1 saturated carbocycles. The molecule has 4 nitrogen and oxygen atoms in total. The average molecular weight is 322 g/mol. The molecule has 22 heavy (non-hydrogen) atoms. The normalized spacial score (nSPS) is 30.1. The first-order valence-corrected chi connectivity index (χ1v) is 8.81. The van der Waals surface area contributed by atoms with E-state index in [1.165, 1.54) is 0 Å². The van der Waals surface area contributed by atoms with Gasteiger partial charge >= 0.3 is 0 Å². The van der Waals surface area contributed by atoms with Crippen LogP contribution in [0.5, 0.6) is 0 Å². The standard InChI is InChI=1S/C16H19FN2O2S/c17-16(4-5-16)14(21)18-7-1-3-15(11-18)6-8-19(13(15)20)12-2-9-22-10-12/h2,9-10H,1,3-8,11H2. The second-order valence-corrected chi connectivity index (χ2v) is 7.54. The van der Waals surface area contributed by atoms with Gasteiger partial charge in [0.15, 0.2) is 5.67 Å². The third-order valence-corrected chi connectivity index (χ3v) is 5.94. The summed E-state index contributed by atoms with van der Waals surface area (Å²) in [6, 6.07) is 1.95.